The summed E-state index contributed by atoms with van der Waals surface area (Å²) in [6.45, 7) is 0. The molecule has 2 rings (SSSR count). The van der Waals surface area contributed by atoms with E-state index in [1.165, 1.54) is 11.3 Å². The van der Waals surface area contributed by atoms with Gasteiger partial charge in [-0.1, -0.05) is 11.3 Å². The Labute approximate surface area is 85.2 Å². The molecule has 5 nitrogen and oxygen atoms in total. The number of rotatable bonds is 5. The lowest BCUT2D eigenvalue weighted by molar-refractivity contribution is -0.137. The lowest BCUT2D eigenvalue weighted by Crippen LogP contribution is -2.25. The van der Waals surface area contributed by atoms with Gasteiger partial charge in [-0.25, -0.2) is 0 Å². The number of carboxylic acids is 1. The van der Waals surface area contributed by atoms with Crippen LogP contribution in [0.15, 0.2) is 5.51 Å². The molecule has 0 saturated heterocycles. The summed E-state index contributed by atoms with van der Waals surface area (Å²) in [6.07, 6.45) is 2.39. The maximum atomic E-state index is 10.6. The highest BCUT2D eigenvalue weighted by molar-refractivity contribution is 7.13. The highest BCUT2D eigenvalue weighted by Gasteiger charge is 2.33. The van der Waals surface area contributed by atoms with Crippen molar-refractivity contribution in [2.75, 3.05) is 5.32 Å². The van der Waals surface area contributed by atoms with Crippen LogP contribution in [0.25, 0.3) is 0 Å². The van der Waals surface area contributed by atoms with Gasteiger partial charge in [-0.15, -0.1) is 10.2 Å². The van der Waals surface area contributed by atoms with Gasteiger partial charge in [0, 0.05) is 6.04 Å². The van der Waals surface area contributed by atoms with Crippen LogP contribution in [-0.4, -0.2) is 27.3 Å². The summed E-state index contributed by atoms with van der Waals surface area (Å²) in [5.74, 6) is -0.270. The van der Waals surface area contributed by atoms with E-state index < -0.39 is 5.97 Å². The van der Waals surface area contributed by atoms with Gasteiger partial charge in [-0.05, 0) is 18.8 Å². The molecule has 1 fully saturated rings. The first-order valence-corrected chi connectivity index (χ1v) is 5.38. The minimum atomic E-state index is -0.765. The first kappa shape index (κ1) is 9.39. The summed E-state index contributed by atoms with van der Waals surface area (Å²) in [7, 11) is 0. The molecule has 1 saturated carbocycles. The first-order chi connectivity index (χ1) is 6.75. The Hall–Kier alpha value is -1.17. The average molecular weight is 213 g/mol. The summed E-state index contributed by atoms with van der Waals surface area (Å²) < 4.78 is 0. The fourth-order valence-corrected chi connectivity index (χ4v) is 1.92. The molecule has 1 aromatic heterocycles. The van der Waals surface area contributed by atoms with Gasteiger partial charge in [0.1, 0.15) is 5.51 Å². The van der Waals surface area contributed by atoms with Gasteiger partial charge >= 0.3 is 5.97 Å². The van der Waals surface area contributed by atoms with Crippen LogP contribution in [0, 0.1) is 5.92 Å². The van der Waals surface area contributed by atoms with Crippen molar-refractivity contribution in [3.8, 4) is 0 Å². The van der Waals surface area contributed by atoms with Gasteiger partial charge in [0.25, 0.3) is 0 Å². The molecule has 1 aromatic rings. The second-order valence-electron chi connectivity index (χ2n) is 3.43. The quantitative estimate of drug-likeness (QED) is 0.768. The monoisotopic (exact) mass is 213 g/mol. The standard InChI is InChI=1S/C8H11N3O2S/c12-7(13)3-6(5-1-2-5)10-8-11-9-4-14-8/h4-6H,1-3H2,(H,10,11)(H,12,13). The van der Waals surface area contributed by atoms with Crippen LogP contribution in [-0.2, 0) is 4.79 Å². The Morgan fingerprint density at radius 2 is 2.57 bits per heavy atom. The maximum Gasteiger partial charge on any atom is 0.305 e. The lowest BCUT2D eigenvalue weighted by Gasteiger charge is -2.14. The molecule has 6 heteroatoms. The number of aromatic nitrogens is 2. The number of nitrogens with zero attached hydrogens (tertiary/aromatic N) is 2. The molecule has 1 heterocycles. The molecular formula is C8H11N3O2S. The van der Waals surface area contributed by atoms with Crippen molar-refractivity contribution < 1.29 is 9.90 Å². The van der Waals surface area contributed by atoms with Gasteiger partial charge in [-0.3, -0.25) is 4.79 Å². The molecule has 1 aliphatic rings. The Kier molecular flexibility index (Phi) is 2.62. The number of aliphatic carboxylic acids is 1. The van der Waals surface area contributed by atoms with E-state index in [4.69, 9.17) is 5.11 Å². The third-order valence-corrected chi connectivity index (χ3v) is 2.88. The number of hydrogen-bond acceptors (Lipinski definition) is 5. The zero-order valence-corrected chi connectivity index (χ0v) is 8.33. The van der Waals surface area contributed by atoms with E-state index >= 15 is 0 Å². The molecule has 1 unspecified atom stereocenters. The van der Waals surface area contributed by atoms with Crippen molar-refractivity contribution in [1.82, 2.24) is 10.2 Å². The molecule has 14 heavy (non-hydrogen) atoms. The van der Waals surface area contributed by atoms with E-state index in [-0.39, 0.29) is 12.5 Å². The summed E-state index contributed by atoms with van der Waals surface area (Å²) in [6, 6.07) is 0.0143. The van der Waals surface area contributed by atoms with Gasteiger partial charge in [0.15, 0.2) is 0 Å². The van der Waals surface area contributed by atoms with E-state index in [2.05, 4.69) is 15.5 Å². The van der Waals surface area contributed by atoms with Gasteiger partial charge in [0.2, 0.25) is 5.13 Å². The summed E-state index contributed by atoms with van der Waals surface area (Å²) in [4.78, 5) is 10.6. The fourth-order valence-electron chi connectivity index (χ4n) is 1.42. The number of hydrogen-bond donors (Lipinski definition) is 2. The fraction of sp³-hybridized carbons (Fsp3) is 0.625. The van der Waals surface area contributed by atoms with Gasteiger partial charge < -0.3 is 10.4 Å². The predicted octanol–water partition coefficient (Wildman–Crippen LogP) is 1.20. The number of nitrogens with one attached hydrogen (secondary N) is 1. The van der Waals surface area contributed by atoms with Crippen molar-refractivity contribution in [2.45, 2.75) is 25.3 Å². The van der Waals surface area contributed by atoms with Gasteiger partial charge in [0.05, 0.1) is 6.42 Å². The van der Waals surface area contributed by atoms with Crippen LogP contribution in [0.5, 0.6) is 0 Å². The van der Waals surface area contributed by atoms with Crippen LogP contribution < -0.4 is 5.32 Å². The summed E-state index contributed by atoms with van der Waals surface area (Å²) in [5, 5.41) is 20.1. The summed E-state index contributed by atoms with van der Waals surface area (Å²) >= 11 is 1.40. The van der Waals surface area contributed by atoms with Crippen molar-refractivity contribution in [3.63, 3.8) is 0 Å². The maximum absolute atomic E-state index is 10.6. The minimum absolute atomic E-state index is 0.0143. The molecule has 0 aromatic carbocycles. The Balaban J connectivity index is 1.93. The van der Waals surface area contributed by atoms with Crippen molar-refractivity contribution in [3.05, 3.63) is 5.51 Å². The lowest BCUT2D eigenvalue weighted by atomic mass is 10.1. The highest BCUT2D eigenvalue weighted by Crippen LogP contribution is 2.35. The Bertz CT molecular complexity index is 310. The molecule has 0 spiro atoms. The minimum Gasteiger partial charge on any atom is -0.481 e. The van der Waals surface area contributed by atoms with Crippen molar-refractivity contribution in [1.29, 1.82) is 0 Å². The van der Waals surface area contributed by atoms with Gasteiger partial charge in [-0.2, -0.15) is 0 Å². The molecule has 1 atom stereocenters. The van der Waals surface area contributed by atoms with Crippen molar-refractivity contribution >= 4 is 22.4 Å². The zero-order chi connectivity index (χ0) is 9.97. The third kappa shape index (κ3) is 2.41. The second kappa shape index (κ2) is 3.91. The van der Waals surface area contributed by atoms with Crippen molar-refractivity contribution in [2.24, 2.45) is 5.92 Å². The molecule has 0 amide bonds. The van der Waals surface area contributed by atoms with E-state index in [1.54, 1.807) is 5.51 Å². The van der Waals surface area contributed by atoms with E-state index in [0.29, 0.717) is 11.0 Å². The SMILES string of the molecule is O=C(O)CC(Nc1nncs1)C1CC1. The van der Waals surface area contributed by atoms with E-state index in [9.17, 15) is 4.79 Å². The Morgan fingerprint density at radius 1 is 1.79 bits per heavy atom. The molecule has 0 aliphatic heterocycles. The molecular weight excluding hydrogens is 202 g/mol. The van der Waals surface area contributed by atoms with E-state index in [1.807, 2.05) is 0 Å². The Morgan fingerprint density at radius 3 is 3.07 bits per heavy atom. The largest absolute Gasteiger partial charge is 0.481 e. The number of carbonyl (C=O) groups is 1. The highest BCUT2D eigenvalue weighted by atomic mass is 32.1. The topological polar surface area (TPSA) is 75.1 Å². The van der Waals surface area contributed by atoms with Crippen LogP contribution in [0.3, 0.4) is 0 Å². The van der Waals surface area contributed by atoms with Crippen LogP contribution >= 0.6 is 11.3 Å². The average Bonchev–Trinajstić information content (AvgIpc) is 2.85. The molecule has 2 N–H and O–H groups in total. The molecule has 76 valence electrons. The molecule has 0 bridgehead atoms. The molecule has 0 radical (unpaired) electrons. The number of anilines is 1. The van der Waals surface area contributed by atoms with Crippen LogP contribution in [0.2, 0.25) is 0 Å². The number of carboxylic acid groups (broad SMARTS) is 1. The zero-order valence-electron chi connectivity index (χ0n) is 7.51. The summed E-state index contributed by atoms with van der Waals surface area (Å²) in [5.41, 5.74) is 1.63. The first-order valence-electron chi connectivity index (χ1n) is 4.50. The van der Waals surface area contributed by atoms with E-state index in [0.717, 1.165) is 12.8 Å². The smallest absolute Gasteiger partial charge is 0.305 e. The predicted molar refractivity (Wildman–Crippen MR) is 52.3 cm³/mol. The molecule has 1 aliphatic carbocycles. The van der Waals surface area contributed by atoms with Crippen LogP contribution in [0.4, 0.5) is 5.13 Å². The second-order valence-corrected chi connectivity index (χ2v) is 4.26. The third-order valence-electron chi connectivity index (χ3n) is 2.25. The normalized spacial score (nSPS) is 17.7. The van der Waals surface area contributed by atoms with Crippen LogP contribution in [0.1, 0.15) is 19.3 Å².